The molecular formula is C11H22N2. The predicted molar refractivity (Wildman–Crippen MR) is 55.6 cm³/mol. The van der Waals surface area contributed by atoms with Gasteiger partial charge in [-0.1, -0.05) is 12.8 Å². The molecule has 0 aromatic carbocycles. The molecule has 2 fully saturated rings. The number of hydrogen-bond acceptors (Lipinski definition) is 2. The monoisotopic (exact) mass is 182 g/mol. The maximum absolute atomic E-state index is 5.64. The number of nitrogens with zero attached hydrogens (tertiary/aromatic N) is 1. The molecule has 0 bridgehead atoms. The van der Waals surface area contributed by atoms with Crippen molar-refractivity contribution in [3.05, 3.63) is 0 Å². The molecule has 0 unspecified atom stereocenters. The zero-order valence-corrected chi connectivity index (χ0v) is 8.54. The van der Waals surface area contributed by atoms with E-state index in [-0.39, 0.29) is 0 Å². The largest absolute Gasteiger partial charge is 0.329 e. The van der Waals surface area contributed by atoms with Crippen LogP contribution in [0.15, 0.2) is 0 Å². The lowest BCUT2D eigenvalue weighted by Crippen LogP contribution is -2.48. The van der Waals surface area contributed by atoms with Crippen molar-refractivity contribution in [1.82, 2.24) is 4.90 Å². The Morgan fingerprint density at radius 3 is 2.69 bits per heavy atom. The Morgan fingerprint density at radius 2 is 1.85 bits per heavy atom. The molecule has 2 heteroatoms. The minimum Gasteiger partial charge on any atom is -0.329 e. The summed E-state index contributed by atoms with van der Waals surface area (Å²) < 4.78 is 0. The van der Waals surface area contributed by atoms with E-state index in [0.717, 1.165) is 25.0 Å². The maximum atomic E-state index is 5.64. The van der Waals surface area contributed by atoms with Crippen molar-refractivity contribution < 1.29 is 0 Å². The van der Waals surface area contributed by atoms with Crippen LogP contribution in [-0.2, 0) is 0 Å². The van der Waals surface area contributed by atoms with Gasteiger partial charge in [-0.3, -0.25) is 4.90 Å². The summed E-state index contributed by atoms with van der Waals surface area (Å²) in [5, 5.41) is 0. The molecule has 2 nitrogen and oxygen atoms in total. The number of fused-ring (bicyclic) bond motifs is 1. The molecule has 0 radical (unpaired) electrons. The topological polar surface area (TPSA) is 29.3 Å². The van der Waals surface area contributed by atoms with Gasteiger partial charge < -0.3 is 5.73 Å². The standard InChI is InChI=1S/C11H22N2/c12-7-9-13-8-3-5-10-4-1-2-6-11(10)13/h10-11H,1-9,12H2/t10-,11-/m0/s1. The average molecular weight is 182 g/mol. The van der Waals surface area contributed by atoms with Crippen molar-refractivity contribution >= 4 is 0 Å². The van der Waals surface area contributed by atoms with E-state index in [4.69, 9.17) is 5.73 Å². The van der Waals surface area contributed by atoms with E-state index in [1.165, 1.54) is 45.1 Å². The minimum absolute atomic E-state index is 0.837. The van der Waals surface area contributed by atoms with Gasteiger partial charge in [0.1, 0.15) is 0 Å². The van der Waals surface area contributed by atoms with Crippen LogP contribution in [0, 0.1) is 5.92 Å². The van der Waals surface area contributed by atoms with Crippen molar-refractivity contribution in [3.63, 3.8) is 0 Å². The molecule has 13 heavy (non-hydrogen) atoms. The average Bonchev–Trinajstić information content (AvgIpc) is 2.19. The van der Waals surface area contributed by atoms with Crippen LogP contribution in [0.1, 0.15) is 38.5 Å². The van der Waals surface area contributed by atoms with E-state index in [0.29, 0.717) is 0 Å². The van der Waals surface area contributed by atoms with Crippen molar-refractivity contribution in [2.75, 3.05) is 19.6 Å². The van der Waals surface area contributed by atoms with E-state index in [2.05, 4.69) is 4.90 Å². The molecule has 0 aromatic heterocycles. The molecule has 2 rings (SSSR count). The van der Waals surface area contributed by atoms with Gasteiger partial charge in [-0.2, -0.15) is 0 Å². The summed E-state index contributed by atoms with van der Waals surface area (Å²) in [5.74, 6) is 1.01. The van der Waals surface area contributed by atoms with Crippen LogP contribution in [0.4, 0.5) is 0 Å². The van der Waals surface area contributed by atoms with Crippen LogP contribution in [0.5, 0.6) is 0 Å². The summed E-state index contributed by atoms with van der Waals surface area (Å²) in [6.07, 6.45) is 8.71. The van der Waals surface area contributed by atoms with Crippen molar-refractivity contribution in [2.45, 2.75) is 44.6 Å². The molecule has 0 spiro atoms. The Kier molecular flexibility index (Phi) is 3.23. The second-order valence-corrected chi connectivity index (χ2v) is 4.58. The third kappa shape index (κ3) is 2.05. The normalized spacial score (nSPS) is 35.8. The van der Waals surface area contributed by atoms with Gasteiger partial charge in [-0.05, 0) is 38.1 Å². The number of piperidine rings is 1. The zero-order chi connectivity index (χ0) is 9.10. The fourth-order valence-electron chi connectivity index (χ4n) is 3.17. The van der Waals surface area contributed by atoms with Gasteiger partial charge in [-0.15, -0.1) is 0 Å². The van der Waals surface area contributed by atoms with Gasteiger partial charge in [0.25, 0.3) is 0 Å². The molecule has 1 saturated carbocycles. The van der Waals surface area contributed by atoms with E-state index < -0.39 is 0 Å². The number of nitrogens with two attached hydrogens (primary N) is 1. The van der Waals surface area contributed by atoms with Gasteiger partial charge in [-0.25, -0.2) is 0 Å². The molecule has 0 amide bonds. The van der Waals surface area contributed by atoms with E-state index in [9.17, 15) is 0 Å². The SMILES string of the molecule is NCCN1CCC[C@@H]2CCCC[C@@H]21. The molecular weight excluding hydrogens is 160 g/mol. The Bertz CT molecular complexity index is 154. The third-order valence-electron chi connectivity index (χ3n) is 3.77. The molecule has 76 valence electrons. The summed E-state index contributed by atoms with van der Waals surface area (Å²) in [6.45, 7) is 3.27. The Hall–Kier alpha value is -0.0800. The molecule has 0 aromatic rings. The quantitative estimate of drug-likeness (QED) is 0.703. The van der Waals surface area contributed by atoms with Crippen molar-refractivity contribution in [1.29, 1.82) is 0 Å². The molecule has 1 saturated heterocycles. The van der Waals surface area contributed by atoms with E-state index in [1.807, 2.05) is 0 Å². The Balaban J connectivity index is 1.94. The molecule has 1 aliphatic carbocycles. The van der Waals surface area contributed by atoms with Crippen LogP contribution in [0.25, 0.3) is 0 Å². The summed E-state index contributed by atoms with van der Waals surface area (Å²) in [6, 6.07) is 0.894. The minimum atomic E-state index is 0.837. The van der Waals surface area contributed by atoms with Gasteiger partial charge in [0.2, 0.25) is 0 Å². The van der Waals surface area contributed by atoms with Crippen LogP contribution < -0.4 is 5.73 Å². The summed E-state index contributed by atoms with van der Waals surface area (Å²) >= 11 is 0. The van der Waals surface area contributed by atoms with Crippen LogP contribution in [-0.4, -0.2) is 30.6 Å². The Morgan fingerprint density at radius 1 is 1.08 bits per heavy atom. The highest BCUT2D eigenvalue weighted by molar-refractivity contribution is 4.87. The lowest BCUT2D eigenvalue weighted by molar-refractivity contribution is 0.0637. The summed E-state index contributed by atoms with van der Waals surface area (Å²) in [4.78, 5) is 2.65. The first kappa shape index (κ1) is 9.47. The smallest absolute Gasteiger partial charge is 0.0124 e. The van der Waals surface area contributed by atoms with Crippen molar-refractivity contribution in [2.24, 2.45) is 11.7 Å². The number of hydrogen-bond donors (Lipinski definition) is 1. The molecule has 1 aliphatic heterocycles. The zero-order valence-electron chi connectivity index (χ0n) is 8.54. The van der Waals surface area contributed by atoms with Crippen molar-refractivity contribution in [3.8, 4) is 0 Å². The van der Waals surface area contributed by atoms with Gasteiger partial charge in [0, 0.05) is 19.1 Å². The first-order valence-corrected chi connectivity index (χ1v) is 5.86. The maximum Gasteiger partial charge on any atom is 0.0124 e. The fourth-order valence-corrected chi connectivity index (χ4v) is 3.17. The molecule has 2 atom stereocenters. The molecule has 2 N–H and O–H groups in total. The number of rotatable bonds is 2. The van der Waals surface area contributed by atoms with Gasteiger partial charge in [0.15, 0.2) is 0 Å². The fraction of sp³-hybridized carbons (Fsp3) is 1.00. The number of likely N-dealkylation sites (tertiary alicyclic amines) is 1. The first-order valence-electron chi connectivity index (χ1n) is 5.86. The summed E-state index contributed by atoms with van der Waals surface area (Å²) in [7, 11) is 0. The van der Waals surface area contributed by atoms with Gasteiger partial charge >= 0.3 is 0 Å². The lowest BCUT2D eigenvalue weighted by Gasteiger charge is -2.44. The predicted octanol–water partition coefficient (Wildman–Crippen LogP) is 1.60. The van der Waals surface area contributed by atoms with E-state index in [1.54, 1.807) is 0 Å². The Labute approximate surface area is 81.5 Å². The second kappa shape index (κ2) is 4.43. The first-order chi connectivity index (χ1) is 6.42. The van der Waals surface area contributed by atoms with Crippen LogP contribution in [0.3, 0.4) is 0 Å². The van der Waals surface area contributed by atoms with Crippen LogP contribution >= 0.6 is 0 Å². The van der Waals surface area contributed by atoms with Gasteiger partial charge in [0.05, 0.1) is 0 Å². The molecule has 1 heterocycles. The highest BCUT2D eigenvalue weighted by atomic mass is 15.2. The highest BCUT2D eigenvalue weighted by Crippen LogP contribution is 2.34. The summed E-state index contributed by atoms with van der Waals surface area (Å²) in [5.41, 5.74) is 5.64. The lowest BCUT2D eigenvalue weighted by atomic mass is 9.78. The highest BCUT2D eigenvalue weighted by Gasteiger charge is 2.32. The third-order valence-corrected chi connectivity index (χ3v) is 3.77. The second-order valence-electron chi connectivity index (χ2n) is 4.58. The molecule has 2 aliphatic rings. The van der Waals surface area contributed by atoms with Crippen LogP contribution in [0.2, 0.25) is 0 Å². The van der Waals surface area contributed by atoms with E-state index >= 15 is 0 Å².